The van der Waals surface area contributed by atoms with Gasteiger partial charge in [0.25, 0.3) is 0 Å². The van der Waals surface area contributed by atoms with Crippen molar-refractivity contribution in [2.45, 2.75) is 44.0 Å². The minimum absolute atomic E-state index is 0.148. The van der Waals surface area contributed by atoms with Crippen LogP contribution in [0.1, 0.15) is 30.9 Å². The third-order valence-electron chi connectivity index (χ3n) is 9.09. The molecule has 2 amide bonds. The highest BCUT2D eigenvalue weighted by Gasteiger charge is 2.77. The Hall–Kier alpha value is -4.52. The molecule has 0 spiro atoms. The van der Waals surface area contributed by atoms with E-state index in [-0.39, 0.29) is 25.4 Å². The zero-order valence-corrected chi connectivity index (χ0v) is 22.4. The number of anilines is 1. The van der Waals surface area contributed by atoms with Crippen LogP contribution >= 0.6 is 0 Å². The van der Waals surface area contributed by atoms with Gasteiger partial charge in [0.05, 0.1) is 47.5 Å². The number of imide groups is 1. The molecule has 41 heavy (non-hydrogen) atoms. The van der Waals surface area contributed by atoms with Crippen LogP contribution in [0.2, 0.25) is 0 Å². The van der Waals surface area contributed by atoms with Crippen LogP contribution in [0.3, 0.4) is 0 Å². The first-order valence-corrected chi connectivity index (χ1v) is 13.5. The third-order valence-corrected chi connectivity index (χ3v) is 9.09. The first kappa shape index (κ1) is 25.4. The van der Waals surface area contributed by atoms with Crippen LogP contribution in [0.5, 0.6) is 5.75 Å². The first-order chi connectivity index (χ1) is 19.7. The number of rotatable bonds is 5. The first-order valence-electron chi connectivity index (χ1n) is 13.5. The van der Waals surface area contributed by atoms with E-state index < -0.39 is 40.7 Å². The van der Waals surface area contributed by atoms with Gasteiger partial charge in [-0.3, -0.25) is 9.59 Å². The molecular formula is C32H26N2O7. The number of hydrogen-bond donors (Lipinski definition) is 1. The molecule has 3 fully saturated rings. The molecule has 9 nitrogen and oxygen atoms in total. The highest BCUT2D eigenvalue weighted by Crippen LogP contribution is 2.62. The van der Waals surface area contributed by atoms with Crippen molar-refractivity contribution in [1.29, 1.82) is 5.26 Å². The molecule has 1 aromatic heterocycles. The molecule has 3 aromatic carbocycles. The number of carbonyl (C=O) groups is 2. The maximum atomic E-state index is 14.1. The second-order valence-electron chi connectivity index (χ2n) is 11.3. The van der Waals surface area contributed by atoms with E-state index in [2.05, 4.69) is 6.07 Å². The minimum atomic E-state index is -1.22. The summed E-state index contributed by atoms with van der Waals surface area (Å²) in [6.45, 7) is 3.68. The van der Waals surface area contributed by atoms with Gasteiger partial charge in [-0.05, 0) is 43.7 Å². The summed E-state index contributed by atoms with van der Waals surface area (Å²) < 4.78 is 17.7. The van der Waals surface area contributed by atoms with Gasteiger partial charge in [-0.2, -0.15) is 5.26 Å². The van der Waals surface area contributed by atoms with Crippen LogP contribution in [-0.4, -0.2) is 40.8 Å². The summed E-state index contributed by atoms with van der Waals surface area (Å²) in [6, 6.07) is 19.3. The monoisotopic (exact) mass is 550 g/mol. The van der Waals surface area contributed by atoms with Crippen LogP contribution in [0.4, 0.5) is 5.69 Å². The molecule has 0 aliphatic carbocycles. The van der Waals surface area contributed by atoms with Crippen LogP contribution < -0.4 is 15.3 Å². The number of hydrogen-bond acceptors (Lipinski definition) is 8. The Morgan fingerprint density at radius 3 is 2.56 bits per heavy atom. The smallest absolute Gasteiger partial charge is 0.336 e. The van der Waals surface area contributed by atoms with Gasteiger partial charge in [-0.25, -0.2) is 9.69 Å². The maximum Gasteiger partial charge on any atom is 0.336 e. The third kappa shape index (κ3) is 3.51. The second kappa shape index (κ2) is 8.74. The molecule has 0 saturated carbocycles. The Morgan fingerprint density at radius 1 is 1.02 bits per heavy atom. The number of nitriles is 1. The molecule has 206 valence electrons. The summed E-state index contributed by atoms with van der Waals surface area (Å²) in [5.74, 6) is -1.96. The fourth-order valence-electron chi connectivity index (χ4n) is 7.17. The number of benzene rings is 3. The van der Waals surface area contributed by atoms with E-state index in [1.54, 1.807) is 55.5 Å². The van der Waals surface area contributed by atoms with E-state index in [0.29, 0.717) is 33.4 Å². The molecule has 0 radical (unpaired) electrons. The summed E-state index contributed by atoms with van der Waals surface area (Å²) in [4.78, 5) is 41.0. The Balaban J connectivity index is 1.20. The lowest BCUT2D eigenvalue weighted by molar-refractivity contribution is -0.134. The van der Waals surface area contributed by atoms with Gasteiger partial charge in [0.2, 0.25) is 11.8 Å². The fraction of sp³-hybridized carbons (Fsp3) is 0.312. The molecule has 2 bridgehead atoms. The highest BCUT2D eigenvalue weighted by molar-refractivity contribution is 6.26. The van der Waals surface area contributed by atoms with Gasteiger partial charge in [0.15, 0.2) is 0 Å². The number of aliphatic hydroxyl groups is 1. The summed E-state index contributed by atoms with van der Waals surface area (Å²) in [6.07, 6.45) is -0.477. The van der Waals surface area contributed by atoms with Crippen molar-refractivity contribution in [2.75, 3.05) is 11.5 Å². The summed E-state index contributed by atoms with van der Waals surface area (Å²) in [5.41, 5.74) is -0.684. The van der Waals surface area contributed by atoms with Gasteiger partial charge in [-0.1, -0.05) is 24.3 Å². The van der Waals surface area contributed by atoms with Crippen LogP contribution in [0, 0.1) is 30.1 Å². The summed E-state index contributed by atoms with van der Waals surface area (Å²) >= 11 is 0. The molecule has 9 heteroatoms. The predicted molar refractivity (Wildman–Crippen MR) is 148 cm³/mol. The SMILES string of the molecule is Cc1cc(=O)oc2cc(OCC[C@@]34CC(O)[C@@](C)(O3)[C@H]3C(=O)N(c5ccc(C#N)c6ccccc56)C(=O)[C@H]34)ccc12. The largest absolute Gasteiger partial charge is 0.493 e. The van der Waals surface area contributed by atoms with Gasteiger partial charge in [-0.15, -0.1) is 0 Å². The number of ether oxygens (including phenoxy) is 2. The molecule has 3 saturated heterocycles. The number of fused-ring (bicyclic) bond motifs is 7. The lowest BCUT2D eigenvalue weighted by Crippen LogP contribution is -2.49. The molecule has 4 aromatic rings. The van der Waals surface area contributed by atoms with Gasteiger partial charge in [0.1, 0.15) is 16.9 Å². The summed E-state index contributed by atoms with van der Waals surface area (Å²) in [5, 5.41) is 22.7. The molecule has 3 aliphatic heterocycles. The average Bonchev–Trinajstić information content (AvgIpc) is 3.48. The Morgan fingerprint density at radius 2 is 1.78 bits per heavy atom. The van der Waals surface area contributed by atoms with Gasteiger partial charge in [0, 0.05) is 41.1 Å². The van der Waals surface area contributed by atoms with E-state index in [9.17, 15) is 24.8 Å². The van der Waals surface area contributed by atoms with Crippen molar-refractivity contribution in [3.05, 3.63) is 82.2 Å². The predicted octanol–water partition coefficient (Wildman–Crippen LogP) is 3.99. The summed E-state index contributed by atoms with van der Waals surface area (Å²) in [7, 11) is 0. The van der Waals surface area contributed by atoms with Crippen molar-refractivity contribution in [1.82, 2.24) is 0 Å². The van der Waals surface area contributed by atoms with E-state index in [1.807, 2.05) is 13.0 Å². The molecule has 1 unspecified atom stereocenters. The van der Waals surface area contributed by atoms with Crippen LogP contribution in [0.25, 0.3) is 21.7 Å². The zero-order chi connectivity index (χ0) is 28.7. The number of nitrogens with zero attached hydrogens (tertiary/aromatic N) is 2. The molecule has 1 N–H and O–H groups in total. The normalized spacial score (nSPS) is 28.4. The molecular weight excluding hydrogens is 524 g/mol. The van der Waals surface area contributed by atoms with Crippen LogP contribution in [-0.2, 0) is 14.3 Å². The van der Waals surface area contributed by atoms with E-state index in [1.165, 1.54) is 11.0 Å². The Bertz CT molecular complexity index is 1890. The number of aliphatic hydroxyl groups excluding tert-OH is 1. The van der Waals surface area contributed by atoms with Crippen molar-refractivity contribution in [3.8, 4) is 11.8 Å². The Labute approximate surface area is 234 Å². The Kier molecular flexibility index (Phi) is 5.42. The van der Waals surface area contributed by atoms with Crippen molar-refractivity contribution >= 4 is 39.2 Å². The maximum absolute atomic E-state index is 14.1. The quantitative estimate of drug-likeness (QED) is 0.292. The minimum Gasteiger partial charge on any atom is -0.493 e. The van der Waals surface area contributed by atoms with E-state index >= 15 is 0 Å². The fourth-order valence-corrected chi connectivity index (χ4v) is 7.17. The number of aryl methyl sites for hydroxylation is 1. The molecule has 3 aliphatic rings. The van der Waals surface area contributed by atoms with Crippen LogP contribution in [0.15, 0.2) is 69.9 Å². The number of carbonyl (C=O) groups excluding carboxylic acids is 2. The standard InChI is InChI=1S/C32H26N2O7/c1-17-13-26(36)40-24-14-19(8-9-20(17)24)39-12-11-32-15-25(35)31(2,41-32)27-28(32)30(38)34(29(27)37)23-10-7-18(16-33)21-5-3-4-6-22(21)23/h3-10,13-14,25,27-28,35H,11-12,15H2,1-2H3/t25?,27-,28+,31-,32+/m1/s1. The van der Waals surface area contributed by atoms with E-state index in [0.717, 1.165) is 10.9 Å². The lowest BCUT2D eigenvalue weighted by atomic mass is 9.66. The second-order valence-corrected chi connectivity index (χ2v) is 11.3. The lowest BCUT2D eigenvalue weighted by Gasteiger charge is -2.33. The van der Waals surface area contributed by atoms with Gasteiger partial charge >= 0.3 is 5.63 Å². The topological polar surface area (TPSA) is 130 Å². The van der Waals surface area contributed by atoms with Crippen molar-refractivity contribution < 1.29 is 28.6 Å². The highest BCUT2D eigenvalue weighted by atomic mass is 16.6. The van der Waals surface area contributed by atoms with Crippen molar-refractivity contribution in [2.24, 2.45) is 11.8 Å². The molecule has 4 heterocycles. The van der Waals surface area contributed by atoms with E-state index in [4.69, 9.17) is 13.9 Å². The average molecular weight is 551 g/mol. The number of amides is 2. The molecule has 7 rings (SSSR count). The van der Waals surface area contributed by atoms with Crippen molar-refractivity contribution in [3.63, 3.8) is 0 Å². The van der Waals surface area contributed by atoms with Gasteiger partial charge < -0.3 is 19.0 Å². The zero-order valence-electron chi connectivity index (χ0n) is 22.4. The molecule has 5 atom stereocenters.